The lowest BCUT2D eigenvalue weighted by molar-refractivity contribution is 0.291. The third-order valence-corrected chi connectivity index (χ3v) is 2.76. The third-order valence-electron chi connectivity index (χ3n) is 2.76. The topological polar surface area (TPSA) is 48.1 Å². The van der Waals surface area contributed by atoms with E-state index in [0.29, 0.717) is 5.88 Å². The Morgan fingerprint density at radius 3 is 2.87 bits per heavy atom. The van der Waals surface area contributed by atoms with Crippen LogP contribution in [0.3, 0.4) is 0 Å². The van der Waals surface area contributed by atoms with Gasteiger partial charge in [-0.15, -0.1) is 0 Å². The summed E-state index contributed by atoms with van der Waals surface area (Å²) in [6.45, 7) is 2.74. The van der Waals surface area contributed by atoms with Gasteiger partial charge in [0, 0.05) is 18.3 Å². The van der Waals surface area contributed by atoms with Gasteiger partial charge in [0.05, 0.1) is 6.61 Å². The first-order valence-corrected chi connectivity index (χ1v) is 5.60. The van der Waals surface area contributed by atoms with E-state index in [0.717, 1.165) is 24.5 Å². The summed E-state index contributed by atoms with van der Waals surface area (Å²) in [7, 11) is 0. The van der Waals surface area contributed by atoms with Crippen molar-refractivity contribution >= 4 is 0 Å². The van der Waals surface area contributed by atoms with Crippen molar-refractivity contribution in [3.63, 3.8) is 0 Å². The minimum atomic E-state index is 0.0398. The monoisotopic (exact) mass is 206 g/mol. The maximum Gasteiger partial charge on any atom is 0.213 e. The lowest BCUT2D eigenvalue weighted by atomic mass is 10.2. The van der Waals surface area contributed by atoms with Crippen LogP contribution in [0.25, 0.3) is 0 Å². The molecule has 1 aliphatic carbocycles. The van der Waals surface area contributed by atoms with Crippen LogP contribution >= 0.6 is 0 Å². The quantitative estimate of drug-likeness (QED) is 0.804. The summed E-state index contributed by atoms with van der Waals surface area (Å²) in [6.07, 6.45) is 5.70. The molecular formula is C12H18N2O. The van der Waals surface area contributed by atoms with Crippen LogP contribution in [-0.2, 0) is 0 Å². The molecule has 0 spiro atoms. The third kappa shape index (κ3) is 3.20. The molecular weight excluding hydrogens is 188 g/mol. The van der Waals surface area contributed by atoms with Crippen LogP contribution in [0.2, 0.25) is 0 Å². The zero-order valence-corrected chi connectivity index (χ0v) is 9.15. The molecule has 1 aromatic rings. The average molecular weight is 206 g/mol. The van der Waals surface area contributed by atoms with Gasteiger partial charge < -0.3 is 10.5 Å². The summed E-state index contributed by atoms with van der Waals surface area (Å²) >= 11 is 0. The van der Waals surface area contributed by atoms with Gasteiger partial charge in [0.1, 0.15) is 0 Å². The first kappa shape index (κ1) is 10.4. The van der Waals surface area contributed by atoms with Crippen LogP contribution < -0.4 is 10.5 Å². The maximum absolute atomic E-state index is 5.73. The molecule has 15 heavy (non-hydrogen) atoms. The first-order valence-electron chi connectivity index (χ1n) is 5.60. The van der Waals surface area contributed by atoms with E-state index in [1.165, 1.54) is 12.8 Å². The Kier molecular flexibility index (Phi) is 3.21. The summed E-state index contributed by atoms with van der Waals surface area (Å²) in [5, 5.41) is 0. The summed E-state index contributed by atoms with van der Waals surface area (Å²) in [5.74, 6) is 1.62. The average Bonchev–Trinajstić information content (AvgIpc) is 3.02. The number of rotatable bonds is 5. The lowest BCUT2D eigenvalue weighted by Gasteiger charge is -2.07. The highest BCUT2D eigenvalue weighted by Gasteiger charge is 2.20. The van der Waals surface area contributed by atoms with Gasteiger partial charge in [0.2, 0.25) is 5.88 Å². The highest BCUT2D eigenvalue weighted by atomic mass is 16.5. The largest absolute Gasteiger partial charge is 0.478 e. The minimum absolute atomic E-state index is 0.0398. The summed E-state index contributed by atoms with van der Waals surface area (Å²) < 4.78 is 5.54. The standard InChI is InChI=1S/C12H18N2O/c1-9(13)11-4-5-12(14-8-11)15-7-6-10-2-3-10/h4-5,8-10H,2-3,6-7,13H2,1H3/t9-/m0/s1. The zero-order chi connectivity index (χ0) is 10.7. The molecule has 1 heterocycles. The van der Waals surface area contributed by atoms with Crippen LogP contribution in [0.15, 0.2) is 18.3 Å². The van der Waals surface area contributed by atoms with Gasteiger partial charge in [-0.25, -0.2) is 4.98 Å². The van der Waals surface area contributed by atoms with E-state index < -0.39 is 0 Å². The Balaban J connectivity index is 1.80. The molecule has 1 fully saturated rings. The first-order chi connectivity index (χ1) is 7.25. The van der Waals surface area contributed by atoms with E-state index in [9.17, 15) is 0 Å². The van der Waals surface area contributed by atoms with Gasteiger partial charge in [-0.05, 0) is 24.8 Å². The van der Waals surface area contributed by atoms with Crippen molar-refractivity contribution in [1.82, 2.24) is 4.98 Å². The molecule has 3 heteroatoms. The molecule has 2 N–H and O–H groups in total. The molecule has 0 bridgehead atoms. The highest BCUT2D eigenvalue weighted by molar-refractivity contribution is 5.19. The fraction of sp³-hybridized carbons (Fsp3) is 0.583. The normalized spacial score (nSPS) is 17.5. The van der Waals surface area contributed by atoms with E-state index >= 15 is 0 Å². The lowest BCUT2D eigenvalue weighted by Crippen LogP contribution is -2.06. The Bertz CT molecular complexity index is 304. The van der Waals surface area contributed by atoms with E-state index in [1.54, 1.807) is 6.20 Å². The minimum Gasteiger partial charge on any atom is -0.478 e. The molecule has 3 nitrogen and oxygen atoms in total. The smallest absolute Gasteiger partial charge is 0.213 e. The molecule has 0 saturated heterocycles. The zero-order valence-electron chi connectivity index (χ0n) is 9.15. The summed E-state index contributed by atoms with van der Waals surface area (Å²) in [5.41, 5.74) is 6.78. The van der Waals surface area contributed by atoms with Crippen molar-refractivity contribution in [1.29, 1.82) is 0 Å². The summed E-state index contributed by atoms with van der Waals surface area (Å²) in [4.78, 5) is 4.21. The number of nitrogens with zero attached hydrogens (tertiary/aromatic N) is 1. The molecule has 0 aliphatic heterocycles. The molecule has 0 aromatic carbocycles. The SMILES string of the molecule is C[C@H](N)c1ccc(OCCC2CC2)nc1. The van der Waals surface area contributed by atoms with Crippen LogP contribution in [0, 0.1) is 5.92 Å². The predicted molar refractivity (Wildman–Crippen MR) is 59.7 cm³/mol. The molecule has 2 rings (SSSR count). The fourth-order valence-electron chi connectivity index (χ4n) is 1.48. The van der Waals surface area contributed by atoms with Crippen LogP contribution in [0.4, 0.5) is 0 Å². The number of pyridine rings is 1. The molecule has 1 atom stereocenters. The molecule has 1 aliphatic rings. The van der Waals surface area contributed by atoms with Crippen molar-refractivity contribution in [2.75, 3.05) is 6.61 Å². The van der Waals surface area contributed by atoms with Gasteiger partial charge in [-0.2, -0.15) is 0 Å². The molecule has 1 aromatic heterocycles. The highest BCUT2D eigenvalue weighted by Crippen LogP contribution is 2.32. The fourth-order valence-corrected chi connectivity index (χ4v) is 1.48. The molecule has 82 valence electrons. The molecule has 1 saturated carbocycles. The van der Waals surface area contributed by atoms with Gasteiger partial charge in [0.15, 0.2) is 0 Å². The Hall–Kier alpha value is -1.09. The summed E-state index contributed by atoms with van der Waals surface area (Å²) in [6, 6.07) is 3.91. The van der Waals surface area contributed by atoms with Crippen molar-refractivity contribution in [3.05, 3.63) is 23.9 Å². The molecule has 0 amide bonds. The second kappa shape index (κ2) is 4.62. The van der Waals surface area contributed by atoms with E-state index in [4.69, 9.17) is 10.5 Å². The van der Waals surface area contributed by atoms with Gasteiger partial charge >= 0.3 is 0 Å². The molecule has 0 unspecified atom stereocenters. The van der Waals surface area contributed by atoms with Crippen LogP contribution in [-0.4, -0.2) is 11.6 Å². The Morgan fingerprint density at radius 1 is 1.53 bits per heavy atom. The number of hydrogen-bond donors (Lipinski definition) is 1. The number of aromatic nitrogens is 1. The second-order valence-electron chi connectivity index (χ2n) is 4.30. The van der Waals surface area contributed by atoms with Gasteiger partial charge in [-0.1, -0.05) is 18.9 Å². The van der Waals surface area contributed by atoms with E-state index in [1.807, 2.05) is 19.1 Å². The van der Waals surface area contributed by atoms with Crippen molar-refractivity contribution in [3.8, 4) is 5.88 Å². The number of hydrogen-bond acceptors (Lipinski definition) is 3. The van der Waals surface area contributed by atoms with E-state index in [2.05, 4.69) is 4.98 Å². The van der Waals surface area contributed by atoms with Crippen molar-refractivity contribution in [2.24, 2.45) is 11.7 Å². The van der Waals surface area contributed by atoms with Gasteiger partial charge in [-0.3, -0.25) is 0 Å². The van der Waals surface area contributed by atoms with Crippen LogP contribution in [0.5, 0.6) is 5.88 Å². The predicted octanol–water partition coefficient (Wildman–Crippen LogP) is 2.28. The second-order valence-corrected chi connectivity index (χ2v) is 4.30. The maximum atomic E-state index is 5.73. The van der Waals surface area contributed by atoms with Crippen molar-refractivity contribution in [2.45, 2.75) is 32.2 Å². The van der Waals surface area contributed by atoms with Crippen LogP contribution in [0.1, 0.15) is 37.8 Å². The van der Waals surface area contributed by atoms with Gasteiger partial charge in [0.25, 0.3) is 0 Å². The number of nitrogens with two attached hydrogens (primary N) is 1. The Labute approximate surface area is 90.7 Å². The van der Waals surface area contributed by atoms with Crippen molar-refractivity contribution < 1.29 is 4.74 Å². The number of ether oxygens (including phenoxy) is 1. The molecule has 0 radical (unpaired) electrons. The van der Waals surface area contributed by atoms with E-state index in [-0.39, 0.29) is 6.04 Å². The Morgan fingerprint density at radius 2 is 2.33 bits per heavy atom.